The molecule has 196 valence electrons. The summed E-state index contributed by atoms with van der Waals surface area (Å²) in [6, 6.07) is 26.2. The van der Waals surface area contributed by atoms with Gasteiger partial charge in [-0.15, -0.1) is 0 Å². The van der Waals surface area contributed by atoms with Crippen LogP contribution in [0.5, 0.6) is 11.5 Å². The van der Waals surface area contributed by atoms with Gasteiger partial charge in [-0.25, -0.2) is 9.18 Å². The van der Waals surface area contributed by atoms with Crippen molar-refractivity contribution in [3.8, 4) is 11.5 Å². The van der Waals surface area contributed by atoms with E-state index >= 15 is 0 Å². The molecule has 1 saturated heterocycles. The predicted molar refractivity (Wildman–Crippen MR) is 143 cm³/mol. The van der Waals surface area contributed by atoms with E-state index in [1.54, 1.807) is 19.2 Å². The van der Waals surface area contributed by atoms with Gasteiger partial charge >= 0.3 is 6.09 Å². The summed E-state index contributed by atoms with van der Waals surface area (Å²) in [5.74, 6) is 1.19. The van der Waals surface area contributed by atoms with E-state index in [-0.39, 0.29) is 31.0 Å². The van der Waals surface area contributed by atoms with Crippen LogP contribution in [0.25, 0.3) is 10.8 Å². The highest BCUT2D eigenvalue weighted by atomic mass is 19.1. The number of methoxy groups -OCH3 is 1. The molecule has 0 bridgehead atoms. The van der Waals surface area contributed by atoms with Crippen molar-refractivity contribution in [2.75, 3.05) is 20.2 Å². The van der Waals surface area contributed by atoms with Crippen molar-refractivity contribution in [1.82, 2.24) is 4.90 Å². The Morgan fingerprint density at radius 1 is 0.974 bits per heavy atom. The van der Waals surface area contributed by atoms with Crippen LogP contribution in [0.15, 0.2) is 84.9 Å². The number of ether oxygens (including phenoxy) is 3. The lowest BCUT2D eigenvalue weighted by Crippen LogP contribution is -2.46. The molecule has 0 spiro atoms. The summed E-state index contributed by atoms with van der Waals surface area (Å²) in [6.45, 7) is 1.34. The molecular weight excluding hydrogens is 485 g/mol. The molecule has 0 aromatic heterocycles. The summed E-state index contributed by atoms with van der Waals surface area (Å²) in [7, 11) is 1.64. The van der Waals surface area contributed by atoms with Crippen LogP contribution < -0.4 is 9.47 Å². The number of fused-ring (bicyclic) bond motifs is 1. The first-order valence-electron chi connectivity index (χ1n) is 12.6. The molecule has 1 aliphatic rings. The summed E-state index contributed by atoms with van der Waals surface area (Å²) in [5.41, 5.74) is 2.87. The average Bonchev–Trinajstić information content (AvgIpc) is 2.95. The van der Waals surface area contributed by atoms with Crippen LogP contribution in [0.4, 0.5) is 9.18 Å². The van der Waals surface area contributed by atoms with E-state index in [1.165, 1.54) is 17.0 Å². The number of benzene rings is 4. The number of likely N-dealkylation sites (tertiary alicyclic amines) is 1. The van der Waals surface area contributed by atoms with Crippen molar-refractivity contribution < 1.29 is 28.5 Å². The summed E-state index contributed by atoms with van der Waals surface area (Å²) in [6.07, 6.45) is -0.720. The van der Waals surface area contributed by atoms with Gasteiger partial charge < -0.3 is 24.2 Å². The fourth-order valence-electron chi connectivity index (χ4n) is 5.01. The van der Waals surface area contributed by atoms with Crippen LogP contribution in [0, 0.1) is 5.82 Å². The van der Waals surface area contributed by atoms with E-state index in [9.17, 15) is 14.3 Å². The second-order valence-corrected chi connectivity index (χ2v) is 9.48. The Morgan fingerprint density at radius 3 is 2.58 bits per heavy atom. The molecule has 5 rings (SSSR count). The Balaban J connectivity index is 1.36. The molecule has 0 saturated carbocycles. The first kappa shape index (κ1) is 25.5. The lowest BCUT2D eigenvalue weighted by molar-refractivity contribution is -0.0199. The SMILES string of the molecule is COc1cccc(COc2cc(COC3CN(C(=O)O)CCC3c3ccc(F)cc3)cc3ccccc23)c1. The number of rotatable bonds is 8. The molecule has 0 aliphatic carbocycles. The summed E-state index contributed by atoms with van der Waals surface area (Å²) >= 11 is 0. The molecule has 0 radical (unpaired) electrons. The van der Waals surface area contributed by atoms with Crippen molar-refractivity contribution in [3.05, 3.63) is 107 Å². The normalized spacial score (nSPS) is 17.4. The highest BCUT2D eigenvalue weighted by molar-refractivity contribution is 5.89. The van der Waals surface area contributed by atoms with Gasteiger partial charge in [0.25, 0.3) is 0 Å². The predicted octanol–water partition coefficient (Wildman–Crippen LogP) is 6.62. The van der Waals surface area contributed by atoms with Crippen molar-refractivity contribution in [3.63, 3.8) is 0 Å². The molecule has 2 unspecified atom stereocenters. The number of amides is 1. The fourth-order valence-corrected chi connectivity index (χ4v) is 5.01. The smallest absolute Gasteiger partial charge is 0.407 e. The van der Waals surface area contributed by atoms with Crippen molar-refractivity contribution >= 4 is 16.9 Å². The number of carboxylic acid groups (broad SMARTS) is 1. The maximum absolute atomic E-state index is 13.5. The lowest BCUT2D eigenvalue weighted by Gasteiger charge is -2.37. The lowest BCUT2D eigenvalue weighted by atomic mass is 9.87. The topological polar surface area (TPSA) is 68.2 Å². The maximum atomic E-state index is 13.5. The highest BCUT2D eigenvalue weighted by Crippen LogP contribution is 2.33. The van der Waals surface area contributed by atoms with Gasteiger partial charge in [-0.3, -0.25) is 0 Å². The van der Waals surface area contributed by atoms with Crippen molar-refractivity contribution in [1.29, 1.82) is 0 Å². The van der Waals surface area contributed by atoms with Crippen LogP contribution in [0.3, 0.4) is 0 Å². The Labute approximate surface area is 221 Å². The number of piperidine rings is 1. The van der Waals surface area contributed by atoms with Crippen LogP contribution in [-0.4, -0.2) is 42.4 Å². The van der Waals surface area contributed by atoms with E-state index < -0.39 is 6.09 Å². The number of hydrogen-bond acceptors (Lipinski definition) is 4. The Hall–Kier alpha value is -4.10. The summed E-state index contributed by atoms with van der Waals surface area (Å²) < 4.78 is 31.5. The molecule has 38 heavy (non-hydrogen) atoms. The third-order valence-corrected chi connectivity index (χ3v) is 7.00. The van der Waals surface area contributed by atoms with Crippen LogP contribution in [-0.2, 0) is 18.0 Å². The zero-order valence-corrected chi connectivity index (χ0v) is 21.2. The molecule has 7 heteroatoms. The number of nitrogens with zero attached hydrogens (tertiary/aromatic N) is 1. The van der Waals surface area contributed by atoms with E-state index in [0.29, 0.717) is 19.6 Å². The van der Waals surface area contributed by atoms with Gasteiger partial charge in [0.2, 0.25) is 0 Å². The number of carbonyl (C=O) groups is 1. The molecule has 1 amide bonds. The molecule has 2 atom stereocenters. The molecular formula is C31H30FNO5. The van der Waals surface area contributed by atoms with Gasteiger partial charge in [0.05, 0.1) is 26.4 Å². The standard InChI is InChI=1S/C31H30FNO5/c1-36-26-7-4-5-21(16-26)19-37-29-17-22(15-24-6-2-3-8-27(24)29)20-38-30-18-33(31(34)35)14-13-28(30)23-9-11-25(32)12-10-23/h2-12,15-17,28,30H,13-14,18-20H2,1H3,(H,34,35). The van der Waals surface area contributed by atoms with Crippen molar-refractivity contribution in [2.24, 2.45) is 0 Å². The third-order valence-electron chi connectivity index (χ3n) is 7.00. The second-order valence-electron chi connectivity index (χ2n) is 9.48. The minimum absolute atomic E-state index is 0.0320. The fraction of sp³-hybridized carbons (Fsp3) is 0.258. The van der Waals surface area contributed by atoms with E-state index in [4.69, 9.17) is 14.2 Å². The Bertz CT molecular complexity index is 1410. The van der Waals surface area contributed by atoms with Gasteiger partial charge in [-0.2, -0.15) is 0 Å². The Morgan fingerprint density at radius 2 is 1.79 bits per heavy atom. The first-order chi connectivity index (χ1) is 18.5. The van der Waals surface area contributed by atoms with Crippen LogP contribution in [0.2, 0.25) is 0 Å². The number of hydrogen-bond donors (Lipinski definition) is 1. The van der Waals surface area contributed by atoms with E-state index in [2.05, 4.69) is 6.07 Å². The third kappa shape index (κ3) is 5.89. The van der Waals surface area contributed by atoms with Gasteiger partial charge in [0.1, 0.15) is 23.9 Å². The maximum Gasteiger partial charge on any atom is 0.407 e. The monoisotopic (exact) mass is 515 g/mol. The molecule has 1 N–H and O–H groups in total. The average molecular weight is 516 g/mol. The van der Waals surface area contributed by atoms with E-state index in [0.717, 1.165) is 39.0 Å². The number of halogens is 1. The largest absolute Gasteiger partial charge is 0.497 e. The van der Waals surface area contributed by atoms with Crippen molar-refractivity contribution in [2.45, 2.75) is 31.7 Å². The molecule has 1 aliphatic heterocycles. The van der Waals surface area contributed by atoms with Gasteiger partial charge in [-0.1, -0.05) is 48.5 Å². The second kappa shape index (κ2) is 11.5. The van der Waals surface area contributed by atoms with Crippen LogP contribution >= 0.6 is 0 Å². The molecule has 4 aromatic carbocycles. The van der Waals surface area contributed by atoms with Crippen LogP contribution in [0.1, 0.15) is 29.0 Å². The van der Waals surface area contributed by atoms with Gasteiger partial charge in [0, 0.05) is 17.8 Å². The summed E-state index contributed by atoms with van der Waals surface area (Å²) in [5, 5.41) is 11.6. The zero-order valence-electron chi connectivity index (χ0n) is 21.2. The highest BCUT2D eigenvalue weighted by Gasteiger charge is 2.33. The zero-order chi connectivity index (χ0) is 26.5. The molecule has 1 heterocycles. The first-order valence-corrected chi connectivity index (χ1v) is 12.6. The molecule has 6 nitrogen and oxygen atoms in total. The molecule has 1 fully saturated rings. The Kier molecular flexibility index (Phi) is 7.75. The summed E-state index contributed by atoms with van der Waals surface area (Å²) in [4.78, 5) is 13.1. The van der Waals surface area contributed by atoms with Gasteiger partial charge in [-0.05, 0) is 64.9 Å². The minimum atomic E-state index is -0.963. The minimum Gasteiger partial charge on any atom is -0.497 e. The quantitative estimate of drug-likeness (QED) is 0.286. The van der Waals surface area contributed by atoms with Gasteiger partial charge in [0.15, 0.2) is 0 Å². The molecule has 4 aromatic rings. The van der Waals surface area contributed by atoms with E-state index in [1.807, 2.05) is 54.6 Å².